The van der Waals surface area contributed by atoms with E-state index in [2.05, 4.69) is 10.2 Å². The van der Waals surface area contributed by atoms with Crippen LogP contribution in [0.4, 0.5) is 0 Å². The summed E-state index contributed by atoms with van der Waals surface area (Å²) in [5, 5.41) is 2.78. The van der Waals surface area contributed by atoms with Crippen molar-refractivity contribution >= 4 is 11.8 Å². The molecule has 0 aromatic heterocycles. The number of carbonyl (C=O) groups is 2. The van der Waals surface area contributed by atoms with Gasteiger partial charge in [0.2, 0.25) is 11.8 Å². The zero-order chi connectivity index (χ0) is 12.7. The number of carbonyl (C=O) groups excluding carboxylic acids is 2. The van der Waals surface area contributed by atoms with Crippen LogP contribution in [0.25, 0.3) is 0 Å². The Hall–Kier alpha value is -1.14. The zero-order valence-corrected chi connectivity index (χ0v) is 10.6. The first-order valence-electron chi connectivity index (χ1n) is 5.87. The first-order valence-corrected chi connectivity index (χ1v) is 5.87. The minimum absolute atomic E-state index is 0.0123. The minimum atomic E-state index is 0.0123. The van der Waals surface area contributed by atoms with Crippen LogP contribution in [0.5, 0.6) is 0 Å². The molecule has 1 rings (SSSR count). The summed E-state index contributed by atoms with van der Waals surface area (Å²) < 4.78 is 4.85. The average molecular weight is 243 g/mol. The first kappa shape index (κ1) is 13.9. The van der Waals surface area contributed by atoms with Gasteiger partial charge in [0.05, 0.1) is 13.2 Å². The number of ether oxygens (including phenoxy) is 1. The third-order valence-electron chi connectivity index (χ3n) is 2.81. The fourth-order valence-electron chi connectivity index (χ4n) is 1.77. The Labute approximate surface area is 102 Å². The molecule has 17 heavy (non-hydrogen) atoms. The molecule has 0 aromatic carbocycles. The van der Waals surface area contributed by atoms with E-state index in [0.717, 1.165) is 13.1 Å². The van der Waals surface area contributed by atoms with Crippen molar-refractivity contribution in [2.45, 2.75) is 6.92 Å². The highest BCUT2D eigenvalue weighted by Gasteiger charge is 2.19. The Balaban J connectivity index is 2.17. The molecule has 2 amide bonds. The van der Waals surface area contributed by atoms with Gasteiger partial charge < -0.3 is 15.0 Å². The molecule has 0 unspecified atom stereocenters. The van der Waals surface area contributed by atoms with Gasteiger partial charge in [0.15, 0.2) is 0 Å². The molecule has 0 aliphatic carbocycles. The van der Waals surface area contributed by atoms with Crippen LogP contribution >= 0.6 is 0 Å². The number of hydrogen-bond acceptors (Lipinski definition) is 4. The lowest BCUT2D eigenvalue weighted by Gasteiger charge is -2.33. The van der Waals surface area contributed by atoms with Gasteiger partial charge in [-0.2, -0.15) is 0 Å². The van der Waals surface area contributed by atoms with Gasteiger partial charge in [-0.15, -0.1) is 0 Å². The van der Waals surface area contributed by atoms with E-state index in [-0.39, 0.29) is 11.8 Å². The number of rotatable bonds is 5. The molecule has 0 atom stereocenters. The molecule has 0 aromatic rings. The van der Waals surface area contributed by atoms with Gasteiger partial charge in [-0.25, -0.2) is 0 Å². The molecule has 1 fully saturated rings. The second-order valence-corrected chi connectivity index (χ2v) is 4.12. The predicted molar refractivity (Wildman–Crippen MR) is 63.6 cm³/mol. The fourth-order valence-corrected chi connectivity index (χ4v) is 1.77. The van der Waals surface area contributed by atoms with Crippen molar-refractivity contribution < 1.29 is 14.3 Å². The molecule has 0 bridgehead atoms. The molecule has 6 nitrogen and oxygen atoms in total. The third-order valence-corrected chi connectivity index (χ3v) is 2.81. The van der Waals surface area contributed by atoms with Crippen molar-refractivity contribution in [3.05, 3.63) is 0 Å². The summed E-state index contributed by atoms with van der Waals surface area (Å²) in [6.45, 7) is 5.99. The molecular formula is C11H21N3O3. The molecule has 6 heteroatoms. The van der Waals surface area contributed by atoms with E-state index in [9.17, 15) is 9.59 Å². The minimum Gasteiger partial charge on any atom is -0.383 e. The smallest absolute Gasteiger partial charge is 0.234 e. The summed E-state index contributed by atoms with van der Waals surface area (Å²) >= 11 is 0. The maximum atomic E-state index is 11.5. The monoisotopic (exact) mass is 243 g/mol. The molecule has 0 radical (unpaired) electrons. The summed E-state index contributed by atoms with van der Waals surface area (Å²) in [7, 11) is 1.60. The summed E-state index contributed by atoms with van der Waals surface area (Å²) in [6, 6.07) is 0. The summed E-state index contributed by atoms with van der Waals surface area (Å²) in [4.78, 5) is 26.5. The quantitative estimate of drug-likeness (QED) is 0.624. The highest BCUT2D eigenvalue weighted by molar-refractivity contribution is 5.78. The van der Waals surface area contributed by atoms with Gasteiger partial charge in [-0.05, 0) is 0 Å². The van der Waals surface area contributed by atoms with E-state index < -0.39 is 0 Å². The van der Waals surface area contributed by atoms with E-state index in [4.69, 9.17) is 4.74 Å². The van der Waals surface area contributed by atoms with Crippen molar-refractivity contribution in [2.24, 2.45) is 0 Å². The zero-order valence-electron chi connectivity index (χ0n) is 10.6. The number of amides is 2. The Bertz CT molecular complexity index is 263. The van der Waals surface area contributed by atoms with Gasteiger partial charge >= 0.3 is 0 Å². The van der Waals surface area contributed by atoms with Crippen LogP contribution in [-0.2, 0) is 14.3 Å². The Kier molecular flexibility index (Phi) is 5.93. The summed E-state index contributed by atoms with van der Waals surface area (Å²) in [5.74, 6) is 0.118. The van der Waals surface area contributed by atoms with Crippen molar-refractivity contribution in [3.63, 3.8) is 0 Å². The van der Waals surface area contributed by atoms with E-state index in [1.54, 1.807) is 18.9 Å². The largest absolute Gasteiger partial charge is 0.383 e. The highest BCUT2D eigenvalue weighted by atomic mass is 16.5. The number of methoxy groups -OCH3 is 1. The SMILES string of the molecule is COCCNC(=O)CN1CCN(C(C)=O)CC1. The van der Waals surface area contributed by atoms with Gasteiger partial charge in [-0.1, -0.05) is 0 Å². The highest BCUT2D eigenvalue weighted by Crippen LogP contribution is 2.01. The molecule has 1 N–H and O–H groups in total. The van der Waals surface area contributed by atoms with Crippen molar-refractivity contribution in [3.8, 4) is 0 Å². The van der Waals surface area contributed by atoms with Gasteiger partial charge in [0, 0.05) is 46.8 Å². The van der Waals surface area contributed by atoms with Crippen LogP contribution in [0.3, 0.4) is 0 Å². The van der Waals surface area contributed by atoms with Crippen molar-refractivity contribution in [1.82, 2.24) is 15.1 Å². The number of nitrogens with one attached hydrogen (secondary N) is 1. The first-order chi connectivity index (χ1) is 8.13. The topological polar surface area (TPSA) is 61.9 Å². The van der Waals surface area contributed by atoms with E-state index in [1.165, 1.54) is 0 Å². The number of hydrogen-bond donors (Lipinski definition) is 1. The maximum Gasteiger partial charge on any atom is 0.234 e. The standard InChI is InChI=1S/C11H21N3O3/c1-10(15)14-6-4-13(5-7-14)9-11(16)12-3-8-17-2/h3-9H2,1-2H3,(H,12,16). The van der Waals surface area contributed by atoms with E-state index >= 15 is 0 Å². The molecular weight excluding hydrogens is 222 g/mol. The van der Waals surface area contributed by atoms with Gasteiger partial charge in [-0.3, -0.25) is 14.5 Å². The Morgan fingerprint density at radius 1 is 1.24 bits per heavy atom. The van der Waals surface area contributed by atoms with Crippen LogP contribution in [0, 0.1) is 0 Å². The second-order valence-electron chi connectivity index (χ2n) is 4.12. The van der Waals surface area contributed by atoms with E-state index in [0.29, 0.717) is 32.8 Å². The van der Waals surface area contributed by atoms with Crippen LogP contribution in [0.1, 0.15) is 6.92 Å². The van der Waals surface area contributed by atoms with Gasteiger partial charge in [0.1, 0.15) is 0 Å². The maximum absolute atomic E-state index is 11.5. The van der Waals surface area contributed by atoms with Gasteiger partial charge in [0.25, 0.3) is 0 Å². The fraction of sp³-hybridized carbons (Fsp3) is 0.818. The molecule has 0 spiro atoms. The molecule has 1 heterocycles. The molecule has 1 aliphatic heterocycles. The summed E-state index contributed by atoms with van der Waals surface area (Å²) in [6.07, 6.45) is 0. The van der Waals surface area contributed by atoms with Crippen molar-refractivity contribution in [2.75, 3.05) is 53.0 Å². The van der Waals surface area contributed by atoms with Crippen molar-refractivity contribution in [1.29, 1.82) is 0 Å². The number of nitrogens with zero attached hydrogens (tertiary/aromatic N) is 2. The Morgan fingerprint density at radius 3 is 2.41 bits per heavy atom. The van der Waals surface area contributed by atoms with Crippen LogP contribution < -0.4 is 5.32 Å². The molecule has 1 saturated heterocycles. The van der Waals surface area contributed by atoms with Crippen LogP contribution in [0.2, 0.25) is 0 Å². The lowest BCUT2D eigenvalue weighted by molar-refractivity contribution is -0.131. The van der Waals surface area contributed by atoms with E-state index in [1.807, 2.05) is 0 Å². The number of piperazine rings is 1. The molecule has 1 aliphatic rings. The third kappa shape index (κ3) is 5.14. The molecule has 0 saturated carbocycles. The van der Waals surface area contributed by atoms with Crippen LogP contribution in [-0.4, -0.2) is 74.6 Å². The summed E-state index contributed by atoms with van der Waals surface area (Å²) in [5.41, 5.74) is 0. The lowest BCUT2D eigenvalue weighted by atomic mass is 10.3. The normalized spacial score (nSPS) is 16.9. The Morgan fingerprint density at radius 2 is 1.88 bits per heavy atom. The van der Waals surface area contributed by atoms with Crippen LogP contribution in [0.15, 0.2) is 0 Å². The lowest BCUT2D eigenvalue weighted by Crippen LogP contribution is -2.50. The second kappa shape index (κ2) is 7.24. The molecule has 98 valence electrons. The predicted octanol–water partition coefficient (Wildman–Crippen LogP) is -1.09. The average Bonchev–Trinajstić information content (AvgIpc) is 2.30.